The summed E-state index contributed by atoms with van der Waals surface area (Å²) in [7, 11) is 1.60. The summed E-state index contributed by atoms with van der Waals surface area (Å²) in [5.41, 5.74) is 7.20. The Morgan fingerprint density at radius 3 is 2.38 bits per heavy atom. The number of carbonyl (C=O) groups is 2. The zero-order chi connectivity index (χ0) is 22.5. The van der Waals surface area contributed by atoms with Crippen molar-refractivity contribution in [2.24, 2.45) is 5.73 Å². The Kier molecular flexibility index (Phi) is 6.39. The Labute approximate surface area is 186 Å². The molecular formula is C24H26N4O4. The minimum Gasteiger partial charge on any atom is -0.497 e. The van der Waals surface area contributed by atoms with E-state index in [0.29, 0.717) is 30.2 Å². The summed E-state index contributed by atoms with van der Waals surface area (Å²) in [6.07, 6.45) is 1.48. The number of nitrogens with two attached hydrogens (primary N) is 1. The quantitative estimate of drug-likeness (QED) is 0.594. The number of ether oxygens (including phenoxy) is 2. The summed E-state index contributed by atoms with van der Waals surface area (Å²) in [5.74, 6) is 1.63. The first kappa shape index (κ1) is 21.4. The van der Waals surface area contributed by atoms with E-state index in [0.717, 1.165) is 30.0 Å². The number of H-pyrrole nitrogens is 1. The number of nitrogens with one attached hydrogen (secondary N) is 1. The molecule has 166 valence electrons. The zero-order valence-electron chi connectivity index (χ0n) is 17.9. The second-order valence-corrected chi connectivity index (χ2v) is 7.70. The molecule has 0 unspecified atom stereocenters. The first-order valence-corrected chi connectivity index (χ1v) is 10.5. The molecule has 1 aliphatic rings. The number of aromatic nitrogens is 2. The number of nitrogens with zero attached hydrogens (tertiary/aromatic N) is 2. The average Bonchev–Trinajstić information content (AvgIpc) is 3.29. The van der Waals surface area contributed by atoms with Gasteiger partial charge in [0, 0.05) is 24.6 Å². The first-order valence-electron chi connectivity index (χ1n) is 10.5. The predicted octanol–water partition coefficient (Wildman–Crippen LogP) is 2.97. The number of primary amides is 1. The minimum atomic E-state index is -0.555. The van der Waals surface area contributed by atoms with Crippen LogP contribution in [0.2, 0.25) is 0 Å². The number of likely N-dealkylation sites (tertiary alicyclic amines) is 1. The van der Waals surface area contributed by atoms with Crippen molar-refractivity contribution in [3.05, 3.63) is 66.1 Å². The number of imidazole rings is 1. The summed E-state index contributed by atoms with van der Waals surface area (Å²) in [6, 6.07) is 16.6. The van der Waals surface area contributed by atoms with E-state index < -0.39 is 5.91 Å². The lowest BCUT2D eigenvalue weighted by molar-refractivity contribution is -0.134. The normalized spacial score (nSPS) is 14.2. The molecule has 3 N–H and O–H groups in total. The number of piperidine rings is 1. The second-order valence-electron chi connectivity index (χ2n) is 7.70. The van der Waals surface area contributed by atoms with Gasteiger partial charge in [0.15, 0.2) is 6.61 Å². The number of benzene rings is 2. The second kappa shape index (κ2) is 9.55. The van der Waals surface area contributed by atoms with E-state index in [4.69, 9.17) is 20.2 Å². The Morgan fingerprint density at radius 2 is 1.75 bits per heavy atom. The Bertz CT molecular complexity index is 1070. The van der Waals surface area contributed by atoms with E-state index >= 15 is 0 Å². The van der Waals surface area contributed by atoms with Crippen molar-refractivity contribution in [2.45, 2.75) is 18.8 Å². The summed E-state index contributed by atoms with van der Waals surface area (Å²) < 4.78 is 10.8. The van der Waals surface area contributed by atoms with Crippen molar-refractivity contribution in [2.75, 3.05) is 26.8 Å². The highest BCUT2D eigenvalue weighted by atomic mass is 16.5. The van der Waals surface area contributed by atoms with Crippen LogP contribution >= 0.6 is 0 Å². The van der Waals surface area contributed by atoms with Crippen LogP contribution in [-0.2, 0) is 4.79 Å². The molecule has 8 nitrogen and oxygen atoms in total. The molecule has 4 rings (SSSR count). The number of methoxy groups -OCH3 is 1. The maximum Gasteiger partial charge on any atom is 0.267 e. The fourth-order valence-electron chi connectivity index (χ4n) is 3.88. The molecule has 1 aromatic heterocycles. The number of hydrogen-bond donors (Lipinski definition) is 2. The molecule has 3 aromatic rings. The van der Waals surface area contributed by atoms with Gasteiger partial charge in [-0.2, -0.15) is 0 Å². The van der Waals surface area contributed by atoms with Crippen molar-refractivity contribution >= 4 is 11.8 Å². The van der Waals surface area contributed by atoms with Gasteiger partial charge in [-0.15, -0.1) is 0 Å². The maximum absolute atomic E-state index is 12.5. The fourth-order valence-corrected chi connectivity index (χ4v) is 3.88. The van der Waals surface area contributed by atoms with Crippen LogP contribution in [0.4, 0.5) is 0 Å². The highest BCUT2D eigenvalue weighted by Crippen LogP contribution is 2.31. The highest BCUT2D eigenvalue weighted by Gasteiger charge is 2.28. The predicted molar refractivity (Wildman–Crippen MR) is 120 cm³/mol. The van der Waals surface area contributed by atoms with Gasteiger partial charge in [0.2, 0.25) is 0 Å². The summed E-state index contributed by atoms with van der Waals surface area (Å²) in [6.45, 7) is 1.22. The first-order chi connectivity index (χ1) is 15.5. The van der Waals surface area contributed by atoms with Gasteiger partial charge in [0.1, 0.15) is 28.7 Å². The Hall–Kier alpha value is -3.81. The maximum atomic E-state index is 12.5. The van der Waals surface area contributed by atoms with Crippen molar-refractivity contribution in [3.63, 3.8) is 0 Å². The number of hydrogen-bond acceptors (Lipinski definition) is 5. The number of amides is 2. The molecule has 1 aliphatic heterocycles. The molecule has 2 aromatic carbocycles. The van der Waals surface area contributed by atoms with E-state index in [-0.39, 0.29) is 18.4 Å². The van der Waals surface area contributed by atoms with Gasteiger partial charge in [-0.05, 0) is 49.2 Å². The molecule has 2 heterocycles. The number of aromatic amines is 1. The molecule has 1 fully saturated rings. The van der Waals surface area contributed by atoms with Crippen LogP contribution in [0, 0.1) is 0 Å². The van der Waals surface area contributed by atoms with Gasteiger partial charge in [0.05, 0.1) is 7.11 Å². The standard InChI is InChI=1S/C24H26N4O4/c1-31-18-9-7-16(8-10-18)21-22(23(25)30)27-24(26-21)17-11-13-28(14-12-17)20(29)15-32-19-5-3-2-4-6-19/h2-10,17H,11-15H2,1H3,(H2,25,30)(H,26,27). The third-order valence-electron chi connectivity index (χ3n) is 5.67. The van der Waals surface area contributed by atoms with Crippen molar-refractivity contribution in [1.29, 1.82) is 0 Å². The smallest absolute Gasteiger partial charge is 0.267 e. The Balaban J connectivity index is 1.40. The Morgan fingerprint density at radius 1 is 1.06 bits per heavy atom. The van der Waals surface area contributed by atoms with Crippen LogP contribution < -0.4 is 15.2 Å². The molecule has 0 bridgehead atoms. The van der Waals surface area contributed by atoms with Crippen LogP contribution in [0.15, 0.2) is 54.6 Å². The van der Waals surface area contributed by atoms with Crippen LogP contribution in [-0.4, -0.2) is 53.5 Å². The summed E-state index contributed by atoms with van der Waals surface area (Å²) in [4.78, 5) is 34.1. The molecule has 2 amide bonds. The van der Waals surface area contributed by atoms with E-state index in [1.54, 1.807) is 7.11 Å². The topological polar surface area (TPSA) is 111 Å². The highest BCUT2D eigenvalue weighted by molar-refractivity contribution is 5.97. The van der Waals surface area contributed by atoms with Crippen LogP contribution in [0.5, 0.6) is 11.5 Å². The van der Waals surface area contributed by atoms with Gasteiger partial charge >= 0.3 is 0 Å². The van der Waals surface area contributed by atoms with Gasteiger partial charge in [0.25, 0.3) is 11.8 Å². The molecule has 1 saturated heterocycles. The molecule has 0 saturated carbocycles. The van der Waals surface area contributed by atoms with E-state index in [1.807, 2.05) is 59.5 Å². The van der Waals surface area contributed by atoms with E-state index in [1.165, 1.54) is 0 Å². The van der Waals surface area contributed by atoms with E-state index in [2.05, 4.69) is 4.98 Å². The van der Waals surface area contributed by atoms with Crippen molar-refractivity contribution < 1.29 is 19.1 Å². The van der Waals surface area contributed by atoms with Gasteiger partial charge in [-0.1, -0.05) is 18.2 Å². The lowest BCUT2D eigenvalue weighted by Gasteiger charge is -2.31. The molecule has 0 spiro atoms. The van der Waals surface area contributed by atoms with E-state index in [9.17, 15) is 9.59 Å². The fraction of sp³-hybridized carbons (Fsp3) is 0.292. The average molecular weight is 434 g/mol. The van der Waals surface area contributed by atoms with Crippen LogP contribution in [0.25, 0.3) is 11.3 Å². The van der Waals surface area contributed by atoms with Crippen molar-refractivity contribution in [1.82, 2.24) is 14.9 Å². The van der Waals surface area contributed by atoms with Gasteiger partial charge in [-0.25, -0.2) is 4.98 Å². The summed E-state index contributed by atoms with van der Waals surface area (Å²) in [5, 5.41) is 0. The molecular weight excluding hydrogens is 408 g/mol. The van der Waals surface area contributed by atoms with Crippen LogP contribution in [0.3, 0.4) is 0 Å². The number of para-hydroxylation sites is 1. The van der Waals surface area contributed by atoms with Crippen molar-refractivity contribution in [3.8, 4) is 22.8 Å². The zero-order valence-corrected chi connectivity index (χ0v) is 17.9. The number of carbonyl (C=O) groups excluding carboxylic acids is 2. The molecule has 32 heavy (non-hydrogen) atoms. The summed E-state index contributed by atoms with van der Waals surface area (Å²) >= 11 is 0. The lowest BCUT2D eigenvalue weighted by Crippen LogP contribution is -2.40. The molecule has 0 radical (unpaired) electrons. The SMILES string of the molecule is COc1ccc(-c2nc(C3CCN(C(=O)COc4ccccc4)CC3)[nH]c2C(N)=O)cc1. The van der Waals surface area contributed by atoms with Gasteiger partial charge in [-0.3, -0.25) is 9.59 Å². The third-order valence-corrected chi connectivity index (χ3v) is 5.67. The monoisotopic (exact) mass is 434 g/mol. The third kappa shape index (κ3) is 4.74. The van der Waals surface area contributed by atoms with Crippen LogP contribution in [0.1, 0.15) is 35.1 Å². The lowest BCUT2D eigenvalue weighted by atomic mass is 9.96. The number of rotatable bonds is 7. The molecule has 8 heteroatoms. The largest absolute Gasteiger partial charge is 0.497 e. The van der Waals surface area contributed by atoms with Gasteiger partial charge < -0.3 is 25.1 Å². The minimum absolute atomic E-state index is 0.0167. The molecule has 0 aliphatic carbocycles. The molecule has 0 atom stereocenters.